The smallest absolute Gasteiger partial charge is 0.333 e. The fraction of sp³-hybridized carbons (Fsp3) is 0.621. The van der Waals surface area contributed by atoms with Crippen molar-refractivity contribution in [3.8, 4) is 0 Å². The zero-order valence-electron chi connectivity index (χ0n) is 24.4. The van der Waals surface area contributed by atoms with Crippen molar-refractivity contribution in [1.82, 2.24) is 14.6 Å². The number of halogens is 1. The van der Waals surface area contributed by atoms with Crippen molar-refractivity contribution in [1.29, 1.82) is 0 Å². The van der Waals surface area contributed by atoms with Crippen LogP contribution >= 0.6 is 11.8 Å². The number of amides is 2. The summed E-state index contributed by atoms with van der Waals surface area (Å²) < 4.78 is 6.48. The third-order valence-electron chi connectivity index (χ3n) is 6.70. The molecular formula is C29H46ClN3O4. The lowest BCUT2D eigenvalue weighted by atomic mass is 9.76. The van der Waals surface area contributed by atoms with Crippen LogP contribution in [0.1, 0.15) is 67.9 Å². The number of carbonyl (C=O) groups is 3. The molecule has 0 aliphatic carbocycles. The summed E-state index contributed by atoms with van der Waals surface area (Å²) in [5.41, 5.74) is 0.163. The summed E-state index contributed by atoms with van der Waals surface area (Å²) in [6.45, 7) is 17.3. The van der Waals surface area contributed by atoms with Crippen LogP contribution in [0.2, 0.25) is 0 Å². The first-order valence-corrected chi connectivity index (χ1v) is 13.2. The van der Waals surface area contributed by atoms with Crippen molar-refractivity contribution >= 4 is 29.6 Å². The summed E-state index contributed by atoms with van der Waals surface area (Å²) in [5, 5.41) is 3.02. The Kier molecular flexibility index (Phi) is 11.8. The predicted molar refractivity (Wildman–Crippen MR) is 150 cm³/mol. The van der Waals surface area contributed by atoms with Gasteiger partial charge >= 0.3 is 5.97 Å². The molecule has 1 aromatic carbocycles. The van der Waals surface area contributed by atoms with Gasteiger partial charge in [0.15, 0.2) is 0 Å². The van der Waals surface area contributed by atoms with E-state index in [1.165, 1.54) is 4.42 Å². The number of hydrogen-bond acceptors (Lipinski definition) is 5. The average molecular weight is 536 g/mol. The zero-order chi connectivity index (χ0) is 28.7. The lowest BCUT2D eigenvalue weighted by Crippen LogP contribution is -2.61. The van der Waals surface area contributed by atoms with E-state index in [-0.39, 0.29) is 30.4 Å². The Morgan fingerprint density at radius 2 is 1.59 bits per heavy atom. The van der Waals surface area contributed by atoms with Crippen LogP contribution < -0.4 is 5.32 Å². The van der Waals surface area contributed by atoms with Crippen LogP contribution in [0.4, 0.5) is 0 Å². The van der Waals surface area contributed by atoms with Gasteiger partial charge in [0.1, 0.15) is 12.1 Å². The summed E-state index contributed by atoms with van der Waals surface area (Å²) >= 11 is 6.44. The third-order valence-corrected chi connectivity index (χ3v) is 6.90. The Labute approximate surface area is 228 Å². The number of ether oxygens (including phenoxy) is 1. The Morgan fingerprint density at radius 1 is 1.05 bits per heavy atom. The van der Waals surface area contributed by atoms with E-state index in [9.17, 15) is 14.4 Å². The second-order valence-corrected chi connectivity index (χ2v) is 12.1. The molecule has 0 heterocycles. The van der Waals surface area contributed by atoms with Crippen LogP contribution in [-0.4, -0.2) is 65.9 Å². The molecular weight excluding hydrogens is 490 g/mol. The van der Waals surface area contributed by atoms with Crippen LogP contribution in [0.3, 0.4) is 0 Å². The molecule has 0 aliphatic rings. The normalized spacial score (nSPS) is 15.2. The van der Waals surface area contributed by atoms with Gasteiger partial charge in [-0.05, 0) is 42.5 Å². The second-order valence-electron chi connectivity index (χ2n) is 11.6. The van der Waals surface area contributed by atoms with Gasteiger partial charge < -0.3 is 15.0 Å². The lowest BCUT2D eigenvalue weighted by Gasteiger charge is -2.41. The van der Waals surface area contributed by atoms with E-state index in [4.69, 9.17) is 16.5 Å². The first kappa shape index (κ1) is 32.6. The zero-order valence-corrected chi connectivity index (χ0v) is 25.1. The number of rotatable bonds is 11. The molecule has 0 unspecified atom stereocenters. The minimum absolute atomic E-state index is 0.0217. The number of nitrogens with zero attached hydrogens (tertiary/aromatic N) is 2. The number of hydrogen-bond donors (Lipinski definition) is 1. The number of benzene rings is 1. The van der Waals surface area contributed by atoms with Gasteiger partial charge in [-0.1, -0.05) is 84.9 Å². The van der Waals surface area contributed by atoms with Crippen LogP contribution in [0.5, 0.6) is 0 Å². The van der Waals surface area contributed by atoms with Gasteiger partial charge in [0, 0.05) is 25.1 Å². The molecule has 7 nitrogen and oxygen atoms in total. The molecule has 1 rings (SSSR count). The molecule has 0 saturated carbocycles. The molecule has 2 amide bonds. The molecule has 1 aromatic rings. The summed E-state index contributed by atoms with van der Waals surface area (Å²) in [5.74, 6) is -0.979. The SMILES string of the molecule is CCOC(=O)C(C)=C[C@H](C(C)C)N(C)C(=O)[C@@H](NC(=O)[C@@H](N(C)Cl)C(C)(C)c1ccccc1)C(C)(C)C. The molecule has 0 radical (unpaired) electrons. The fourth-order valence-corrected chi connectivity index (χ4v) is 4.83. The first-order valence-electron chi connectivity index (χ1n) is 12.8. The van der Waals surface area contributed by atoms with E-state index < -0.39 is 28.9 Å². The lowest BCUT2D eigenvalue weighted by molar-refractivity contribution is -0.141. The molecule has 0 bridgehead atoms. The second kappa shape index (κ2) is 13.4. The van der Waals surface area contributed by atoms with Gasteiger partial charge in [0.2, 0.25) is 11.8 Å². The maximum absolute atomic E-state index is 13.9. The van der Waals surface area contributed by atoms with Crippen molar-refractivity contribution in [2.45, 2.75) is 85.9 Å². The monoisotopic (exact) mass is 535 g/mol. The van der Waals surface area contributed by atoms with Crippen molar-refractivity contribution < 1.29 is 19.1 Å². The average Bonchev–Trinajstić information content (AvgIpc) is 2.79. The number of esters is 1. The number of likely N-dealkylation sites (N-methyl/N-ethyl adjacent to an activating group) is 2. The Morgan fingerprint density at radius 3 is 2.03 bits per heavy atom. The van der Waals surface area contributed by atoms with Gasteiger partial charge in [-0.15, -0.1) is 0 Å². The van der Waals surface area contributed by atoms with Crippen LogP contribution in [0.15, 0.2) is 42.0 Å². The van der Waals surface area contributed by atoms with Crippen molar-refractivity contribution in [2.24, 2.45) is 11.3 Å². The fourth-order valence-electron chi connectivity index (χ4n) is 4.50. The number of carbonyl (C=O) groups excluding carboxylic acids is 3. The van der Waals surface area contributed by atoms with Crippen LogP contribution in [-0.2, 0) is 24.5 Å². The molecule has 37 heavy (non-hydrogen) atoms. The number of nitrogens with one attached hydrogen (secondary N) is 1. The van der Waals surface area contributed by atoms with E-state index in [0.717, 1.165) is 5.56 Å². The van der Waals surface area contributed by atoms with E-state index in [1.807, 2.05) is 78.8 Å². The quantitative estimate of drug-likeness (QED) is 0.246. The van der Waals surface area contributed by atoms with Crippen LogP contribution in [0, 0.1) is 11.3 Å². The van der Waals surface area contributed by atoms with E-state index in [2.05, 4.69) is 5.32 Å². The summed E-state index contributed by atoms with van der Waals surface area (Å²) in [4.78, 5) is 41.4. The third kappa shape index (κ3) is 8.57. The largest absolute Gasteiger partial charge is 0.463 e. The molecule has 0 saturated heterocycles. The van der Waals surface area contributed by atoms with E-state index in [0.29, 0.717) is 5.57 Å². The predicted octanol–water partition coefficient (Wildman–Crippen LogP) is 4.94. The van der Waals surface area contributed by atoms with Crippen molar-refractivity contribution in [2.75, 3.05) is 20.7 Å². The minimum Gasteiger partial charge on any atom is -0.463 e. The van der Waals surface area contributed by atoms with Crippen molar-refractivity contribution in [3.05, 3.63) is 47.5 Å². The van der Waals surface area contributed by atoms with Gasteiger partial charge in [-0.3, -0.25) is 9.59 Å². The molecule has 0 fully saturated rings. The molecule has 208 valence electrons. The summed E-state index contributed by atoms with van der Waals surface area (Å²) in [7, 11) is 3.35. The highest BCUT2D eigenvalue weighted by molar-refractivity contribution is 6.15. The van der Waals surface area contributed by atoms with E-state index >= 15 is 0 Å². The first-order chi connectivity index (χ1) is 17.0. The Hall–Kier alpha value is -2.38. The van der Waals surface area contributed by atoms with E-state index in [1.54, 1.807) is 38.9 Å². The molecule has 8 heteroatoms. The molecule has 1 N–H and O–H groups in total. The minimum atomic E-state index is -0.826. The molecule has 0 aliphatic heterocycles. The summed E-state index contributed by atoms with van der Waals surface area (Å²) in [6, 6.07) is 7.76. The maximum Gasteiger partial charge on any atom is 0.333 e. The maximum atomic E-state index is 13.9. The molecule has 0 aromatic heterocycles. The Bertz CT molecular complexity index is 952. The summed E-state index contributed by atoms with van der Waals surface area (Å²) in [6.07, 6.45) is 1.76. The van der Waals surface area contributed by atoms with Gasteiger partial charge in [0.05, 0.1) is 12.6 Å². The molecule has 3 atom stereocenters. The van der Waals surface area contributed by atoms with Gasteiger partial charge in [-0.25, -0.2) is 9.21 Å². The van der Waals surface area contributed by atoms with Crippen LogP contribution in [0.25, 0.3) is 0 Å². The topological polar surface area (TPSA) is 79.0 Å². The highest BCUT2D eigenvalue weighted by Crippen LogP contribution is 2.32. The van der Waals surface area contributed by atoms with Crippen molar-refractivity contribution in [3.63, 3.8) is 0 Å². The van der Waals surface area contributed by atoms with Gasteiger partial charge in [-0.2, -0.15) is 0 Å². The molecule has 0 spiro atoms. The van der Waals surface area contributed by atoms with Gasteiger partial charge in [0.25, 0.3) is 0 Å². The Balaban J connectivity index is 3.35. The highest BCUT2D eigenvalue weighted by Gasteiger charge is 2.43. The highest BCUT2D eigenvalue weighted by atomic mass is 35.5. The standard InChI is InChI=1S/C29H46ClN3O4/c1-12-37-27(36)20(4)18-22(19(2)3)32(10)26(35)23(28(5,6)7)31-25(34)24(33(11)30)29(8,9)21-16-14-13-15-17-21/h13-19,22-24H,12H2,1-11H3,(H,31,34)/t22-,23-,24-/m1/s1.